The van der Waals surface area contributed by atoms with Gasteiger partial charge in [0.15, 0.2) is 5.82 Å². The van der Waals surface area contributed by atoms with Crippen LogP contribution in [0.4, 0.5) is 5.69 Å². The maximum Gasteiger partial charge on any atom is 0.228 e. The van der Waals surface area contributed by atoms with Crippen molar-refractivity contribution in [1.29, 1.82) is 0 Å². The molecule has 1 saturated carbocycles. The zero-order valence-corrected chi connectivity index (χ0v) is 14.8. The smallest absolute Gasteiger partial charge is 0.228 e. The minimum Gasteiger partial charge on any atom is -0.323 e. The van der Waals surface area contributed by atoms with E-state index in [1.54, 1.807) is 17.1 Å². The summed E-state index contributed by atoms with van der Waals surface area (Å²) in [7, 11) is 0. The fraction of sp³-hybridized carbons (Fsp3) is 0.438. The van der Waals surface area contributed by atoms with Crippen molar-refractivity contribution in [1.82, 2.24) is 20.1 Å². The molecular weight excluding hydrogens is 349 g/mol. The van der Waals surface area contributed by atoms with Gasteiger partial charge in [0.1, 0.15) is 0 Å². The van der Waals surface area contributed by atoms with Crippen LogP contribution in [0.15, 0.2) is 36.8 Å². The van der Waals surface area contributed by atoms with Gasteiger partial charge in [-0.1, -0.05) is 0 Å². The van der Waals surface area contributed by atoms with Crippen LogP contribution < -0.4 is 10.6 Å². The van der Waals surface area contributed by atoms with E-state index < -0.39 is 0 Å². The summed E-state index contributed by atoms with van der Waals surface area (Å²) in [6.45, 7) is 2.05. The Balaban J connectivity index is 0.00000104. The average molecular weight is 370 g/mol. The molecule has 3 heterocycles. The number of halogens is 2. The molecule has 24 heavy (non-hydrogen) atoms. The number of piperidine rings is 1. The fourth-order valence-electron chi connectivity index (χ4n) is 3.49. The van der Waals surface area contributed by atoms with Crippen molar-refractivity contribution < 1.29 is 4.79 Å². The number of anilines is 1. The summed E-state index contributed by atoms with van der Waals surface area (Å²) in [4.78, 5) is 16.9. The van der Waals surface area contributed by atoms with Gasteiger partial charge in [-0.25, -0.2) is 9.67 Å². The van der Waals surface area contributed by atoms with Gasteiger partial charge < -0.3 is 10.6 Å². The van der Waals surface area contributed by atoms with Crippen LogP contribution in [0, 0.1) is 11.3 Å². The second kappa shape index (κ2) is 7.51. The van der Waals surface area contributed by atoms with Gasteiger partial charge in [-0.05, 0) is 56.0 Å². The molecule has 8 heteroatoms. The maximum absolute atomic E-state index is 12.6. The summed E-state index contributed by atoms with van der Waals surface area (Å²) in [5.74, 6) is 0.907. The first-order chi connectivity index (χ1) is 10.8. The monoisotopic (exact) mass is 369 g/mol. The first-order valence-corrected chi connectivity index (χ1v) is 7.75. The van der Waals surface area contributed by atoms with Crippen LogP contribution in [0.25, 0.3) is 5.82 Å². The molecule has 1 saturated heterocycles. The molecule has 1 aliphatic heterocycles. The fourth-order valence-corrected chi connectivity index (χ4v) is 3.49. The molecule has 1 aliphatic carbocycles. The van der Waals surface area contributed by atoms with Crippen LogP contribution in [0.2, 0.25) is 0 Å². The van der Waals surface area contributed by atoms with E-state index in [-0.39, 0.29) is 42.1 Å². The number of nitrogens with zero attached hydrogens (tertiary/aromatic N) is 3. The largest absolute Gasteiger partial charge is 0.323 e. The Labute approximate surface area is 153 Å². The molecule has 1 spiro atoms. The number of nitrogens with one attached hydrogen (secondary N) is 2. The number of pyridine rings is 1. The zero-order valence-electron chi connectivity index (χ0n) is 13.1. The molecule has 2 aliphatic rings. The lowest BCUT2D eigenvalue weighted by Crippen LogP contribution is -2.31. The number of hydrogen-bond donors (Lipinski definition) is 2. The summed E-state index contributed by atoms with van der Waals surface area (Å²) in [5.41, 5.74) is 0.954. The SMILES string of the molecule is Cl.Cl.O=C(Nc1cccnc1-n1cccn1)C1CC12CCNCC2. The number of carbonyl (C=O) groups excluding carboxylic acids is 1. The molecule has 0 bridgehead atoms. The first-order valence-electron chi connectivity index (χ1n) is 7.75. The Morgan fingerprint density at radius 3 is 2.75 bits per heavy atom. The maximum atomic E-state index is 12.6. The standard InChI is InChI=1S/C16H19N5O.2ClH/c22-15(12-11-16(12)4-8-17-9-5-16)20-13-3-1-6-18-14(13)21-10-2-7-19-21;;/h1-3,6-7,10,12,17H,4-5,8-9,11H2,(H,20,22);2*1H. The lowest BCUT2D eigenvalue weighted by atomic mass is 9.92. The van der Waals surface area contributed by atoms with Crippen molar-refractivity contribution in [3.63, 3.8) is 0 Å². The molecule has 2 N–H and O–H groups in total. The number of carbonyl (C=O) groups is 1. The molecule has 6 nitrogen and oxygen atoms in total. The predicted molar refractivity (Wildman–Crippen MR) is 97.1 cm³/mol. The third kappa shape index (κ3) is 3.41. The van der Waals surface area contributed by atoms with Gasteiger partial charge in [0.05, 0.1) is 5.69 Å². The van der Waals surface area contributed by atoms with E-state index in [1.807, 2.05) is 24.4 Å². The van der Waals surface area contributed by atoms with Crippen LogP contribution in [0.5, 0.6) is 0 Å². The summed E-state index contributed by atoms with van der Waals surface area (Å²) < 4.78 is 1.67. The first kappa shape index (κ1) is 18.7. The Hall–Kier alpha value is -1.63. The highest BCUT2D eigenvalue weighted by molar-refractivity contribution is 5.96. The highest BCUT2D eigenvalue weighted by atomic mass is 35.5. The molecule has 0 aromatic carbocycles. The lowest BCUT2D eigenvalue weighted by molar-refractivity contribution is -0.118. The van der Waals surface area contributed by atoms with Crippen molar-refractivity contribution in [3.05, 3.63) is 36.8 Å². The van der Waals surface area contributed by atoms with Gasteiger partial charge >= 0.3 is 0 Å². The Kier molecular flexibility index (Phi) is 5.85. The molecule has 1 unspecified atom stereocenters. The molecule has 4 rings (SSSR count). The van der Waals surface area contributed by atoms with E-state index in [9.17, 15) is 4.79 Å². The van der Waals surface area contributed by atoms with Crippen molar-refractivity contribution in [2.24, 2.45) is 11.3 Å². The number of aromatic nitrogens is 3. The second-order valence-corrected chi connectivity index (χ2v) is 6.18. The third-order valence-corrected chi connectivity index (χ3v) is 4.87. The molecule has 2 aromatic rings. The summed E-state index contributed by atoms with van der Waals surface area (Å²) in [6.07, 6.45) is 8.44. The van der Waals surface area contributed by atoms with Crippen LogP contribution in [0.3, 0.4) is 0 Å². The summed E-state index contributed by atoms with van der Waals surface area (Å²) in [5, 5.41) is 10.6. The number of hydrogen-bond acceptors (Lipinski definition) is 4. The molecule has 2 fully saturated rings. The Morgan fingerprint density at radius 1 is 1.25 bits per heavy atom. The predicted octanol–water partition coefficient (Wildman–Crippen LogP) is 2.44. The van der Waals surface area contributed by atoms with Crippen LogP contribution in [0.1, 0.15) is 19.3 Å². The van der Waals surface area contributed by atoms with E-state index in [0.717, 1.165) is 32.4 Å². The van der Waals surface area contributed by atoms with E-state index in [0.29, 0.717) is 11.5 Å². The zero-order chi connectivity index (χ0) is 15.0. The van der Waals surface area contributed by atoms with Gasteiger partial charge in [-0.3, -0.25) is 4.79 Å². The molecule has 130 valence electrons. The Morgan fingerprint density at radius 2 is 2.04 bits per heavy atom. The van der Waals surface area contributed by atoms with Crippen LogP contribution in [-0.2, 0) is 4.79 Å². The highest BCUT2D eigenvalue weighted by Gasteiger charge is 2.57. The summed E-state index contributed by atoms with van der Waals surface area (Å²) >= 11 is 0. The van der Waals surface area contributed by atoms with Crippen molar-refractivity contribution in [2.45, 2.75) is 19.3 Å². The van der Waals surface area contributed by atoms with Crippen LogP contribution >= 0.6 is 24.8 Å². The van der Waals surface area contributed by atoms with E-state index in [4.69, 9.17) is 0 Å². The topological polar surface area (TPSA) is 71.8 Å². The van der Waals surface area contributed by atoms with Gasteiger partial charge in [-0.2, -0.15) is 5.10 Å². The van der Waals surface area contributed by atoms with Crippen molar-refractivity contribution in [3.8, 4) is 5.82 Å². The normalized spacial score (nSPS) is 20.6. The molecule has 1 atom stereocenters. The summed E-state index contributed by atoms with van der Waals surface area (Å²) in [6, 6.07) is 5.54. The minimum absolute atomic E-state index is 0. The average Bonchev–Trinajstić information content (AvgIpc) is 2.99. The van der Waals surface area contributed by atoms with E-state index in [2.05, 4.69) is 20.7 Å². The second-order valence-electron chi connectivity index (χ2n) is 6.18. The number of amides is 1. The van der Waals surface area contributed by atoms with Crippen molar-refractivity contribution in [2.75, 3.05) is 18.4 Å². The van der Waals surface area contributed by atoms with Crippen molar-refractivity contribution >= 4 is 36.4 Å². The van der Waals surface area contributed by atoms with Gasteiger partial charge in [-0.15, -0.1) is 24.8 Å². The van der Waals surface area contributed by atoms with E-state index in [1.165, 1.54) is 0 Å². The van der Waals surface area contributed by atoms with Crippen LogP contribution in [-0.4, -0.2) is 33.8 Å². The number of rotatable bonds is 3. The third-order valence-electron chi connectivity index (χ3n) is 4.87. The highest BCUT2D eigenvalue weighted by Crippen LogP contribution is 2.58. The minimum atomic E-state index is 0. The van der Waals surface area contributed by atoms with Gasteiger partial charge in [0.25, 0.3) is 0 Å². The quantitative estimate of drug-likeness (QED) is 0.871. The lowest BCUT2D eigenvalue weighted by Gasteiger charge is -2.23. The van der Waals surface area contributed by atoms with E-state index >= 15 is 0 Å². The molecule has 1 amide bonds. The Bertz CT molecular complexity index is 686. The molecular formula is C16H21Cl2N5O. The molecule has 0 radical (unpaired) electrons. The van der Waals surface area contributed by atoms with Gasteiger partial charge in [0.2, 0.25) is 5.91 Å². The van der Waals surface area contributed by atoms with Gasteiger partial charge in [0, 0.05) is 24.5 Å². The molecule has 2 aromatic heterocycles.